The molecule has 0 bridgehead atoms. The summed E-state index contributed by atoms with van der Waals surface area (Å²) in [7, 11) is 1.82. The van der Waals surface area contributed by atoms with Crippen LogP contribution in [-0.4, -0.2) is 15.7 Å². The van der Waals surface area contributed by atoms with Crippen molar-refractivity contribution < 1.29 is 9.53 Å². The summed E-state index contributed by atoms with van der Waals surface area (Å²) < 4.78 is 6.85. The summed E-state index contributed by atoms with van der Waals surface area (Å²) in [6.45, 7) is 0.267. The van der Waals surface area contributed by atoms with Crippen molar-refractivity contribution in [2.45, 2.75) is 19.4 Å². The molecule has 0 saturated carbocycles. The van der Waals surface area contributed by atoms with Crippen LogP contribution < -0.4 is 5.73 Å². The number of carbonyl (C=O) groups is 1. The van der Waals surface area contributed by atoms with E-state index in [4.69, 9.17) is 10.5 Å². The average Bonchev–Trinajstić information content (AvgIpc) is 2.80. The van der Waals surface area contributed by atoms with E-state index in [9.17, 15) is 4.79 Å². The van der Waals surface area contributed by atoms with Crippen LogP contribution in [0.5, 0.6) is 0 Å². The van der Waals surface area contributed by atoms with Gasteiger partial charge in [-0.25, -0.2) is 0 Å². The Balaban J connectivity index is 1.75. The second kappa shape index (κ2) is 6.04. The summed E-state index contributed by atoms with van der Waals surface area (Å²) in [5.41, 5.74) is 8.31. The topological polar surface area (TPSA) is 70.1 Å². The zero-order valence-electron chi connectivity index (χ0n) is 10.9. The van der Waals surface area contributed by atoms with Crippen molar-refractivity contribution in [3.63, 3.8) is 0 Å². The lowest BCUT2D eigenvalue weighted by Crippen LogP contribution is -2.05. The number of nitrogen functional groups attached to an aromatic ring is 1. The van der Waals surface area contributed by atoms with Gasteiger partial charge in [-0.2, -0.15) is 5.10 Å². The van der Waals surface area contributed by atoms with Crippen LogP contribution in [0.3, 0.4) is 0 Å². The molecule has 0 atom stereocenters. The molecular formula is C14H17N3O2. The fraction of sp³-hybridized carbons (Fsp3) is 0.286. The van der Waals surface area contributed by atoms with Crippen molar-refractivity contribution in [3.8, 4) is 0 Å². The Hall–Kier alpha value is -2.30. The number of esters is 1. The first-order valence-corrected chi connectivity index (χ1v) is 6.11. The summed E-state index contributed by atoms with van der Waals surface area (Å²) in [6.07, 6.45) is 4.50. The van der Waals surface area contributed by atoms with Crippen molar-refractivity contribution in [2.24, 2.45) is 7.05 Å². The molecule has 0 spiro atoms. The van der Waals surface area contributed by atoms with E-state index in [0.29, 0.717) is 18.5 Å². The minimum absolute atomic E-state index is 0.216. The number of hydrogen-bond acceptors (Lipinski definition) is 4. The van der Waals surface area contributed by atoms with Gasteiger partial charge in [0.05, 0.1) is 6.20 Å². The van der Waals surface area contributed by atoms with E-state index in [1.807, 2.05) is 37.5 Å². The number of anilines is 1. The molecule has 0 unspecified atom stereocenters. The standard InChI is InChI=1S/C14H17N3O2/c1-17-9-12(8-16-17)10-19-14(18)6-5-11-3-2-4-13(15)7-11/h2-4,7-9H,5-6,10,15H2,1H3. The lowest BCUT2D eigenvalue weighted by molar-refractivity contribution is -0.144. The zero-order valence-corrected chi connectivity index (χ0v) is 10.9. The molecule has 5 nitrogen and oxygen atoms in total. The van der Waals surface area contributed by atoms with Gasteiger partial charge in [0, 0.05) is 30.9 Å². The molecule has 0 aliphatic heterocycles. The van der Waals surface area contributed by atoms with Crippen LogP contribution in [0.15, 0.2) is 36.7 Å². The number of ether oxygens (including phenoxy) is 1. The van der Waals surface area contributed by atoms with Crippen LogP contribution in [0.2, 0.25) is 0 Å². The van der Waals surface area contributed by atoms with E-state index in [1.165, 1.54) is 0 Å². The highest BCUT2D eigenvalue weighted by molar-refractivity contribution is 5.69. The van der Waals surface area contributed by atoms with E-state index in [2.05, 4.69) is 5.10 Å². The Morgan fingerprint density at radius 1 is 1.42 bits per heavy atom. The van der Waals surface area contributed by atoms with Gasteiger partial charge in [-0.15, -0.1) is 0 Å². The maximum atomic E-state index is 11.6. The van der Waals surface area contributed by atoms with Gasteiger partial charge in [-0.3, -0.25) is 9.48 Å². The third-order valence-corrected chi connectivity index (χ3v) is 2.73. The number of hydrogen-bond donors (Lipinski definition) is 1. The van der Waals surface area contributed by atoms with Crippen molar-refractivity contribution in [3.05, 3.63) is 47.8 Å². The maximum absolute atomic E-state index is 11.6. The smallest absolute Gasteiger partial charge is 0.306 e. The van der Waals surface area contributed by atoms with Crippen LogP contribution in [0.25, 0.3) is 0 Å². The first-order chi connectivity index (χ1) is 9.13. The van der Waals surface area contributed by atoms with Crippen LogP contribution >= 0.6 is 0 Å². The number of aryl methyl sites for hydroxylation is 2. The first kappa shape index (κ1) is 13.1. The molecule has 2 rings (SSSR count). The van der Waals surface area contributed by atoms with Gasteiger partial charge in [0.1, 0.15) is 6.61 Å². The van der Waals surface area contributed by atoms with E-state index in [-0.39, 0.29) is 12.6 Å². The predicted molar refractivity (Wildman–Crippen MR) is 72.2 cm³/mol. The van der Waals surface area contributed by atoms with Crippen LogP contribution in [-0.2, 0) is 29.6 Å². The van der Waals surface area contributed by atoms with Crippen molar-refractivity contribution in [2.75, 3.05) is 5.73 Å². The summed E-state index contributed by atoms with van der Waals surface area (Å²) in [5.74, 6) is -0.216. The highest BCUT2D eigenvalue weighted by Crippen LogP contribution is 2.09. The maximum Gasteiger partial charge on any atom is 0.306 e. The molecular weight excluding hydrogens is 242 g/mol. The molecule has 2 aromatic rings. The van der Waals surface area contributed by atoms with Gasteiger partial charge in [0.15, 0.2) is 0 Å². The van der Waals surface area contributed by atoms with Gasteiger partial charge >= 0.3 is 5.97 Å². The number of benzene rings is 1. The molecule has 2 N–H and O–H groups in total. The normalized spacial score (nSPS) is 10.4. The Kier molecular flexibility index (Phi) is 4.18. The number of carbonyl (C=O) groups excluding carboxylic acids is 1. The Bertz CT molecular complexity index is 563. The number of nitrogens with zero attached hydrogens (tertiary/aromatic N) is 2. The number of nitrogens with two attached hydrogens (primary N) is 1. The van der Waals surface area contributed by atoms with Gasteiger partial charge in [0.2, 0.25) is 0 Å². The SMILES string of the molecule is Cn1cc(COC(=O)CCc2cccc(N)c2)cn1. The Labute approximate surface area is 112 Å². The second-order valence-corrected chi connectivity index (χ2v) is 4.43. The third-order valence-electron chi connectivity index (χ3n) is 2.73. The van der Waals surface area contributed by atoms with Crippen molar-refractivity contribution in [1.29, 1.82) is 0 Å². The molecule has 100 valence electrons. The molecule has 1 heterocycles. The molecule has 1 aromatic carbocycles. The summed E-state index contributed by atoms with van der Waals surface area (Å²) in [6, 6.07) is 7.52. The highest BCUT2D eigenvalue weighted by Gasteiger charge is 2.05. The summed E-state index contributed by atoms with van der Waals surface area (Å²) in [5, 5.41) is 4.01. The van der Waals surface area contributed by atoms with E-state index in [1.54, 1.807) is 10.9 Å². The molecule has 19 heavy (non-hydrogen) atoms. The van der Waals surface area contributed by atoms with E-state index in [0.717, 1.165) is 11.1 Å². The van der Waals surface area contributed by atoms with Gasteiger partial charge in [-0.1, -0.05) is 12.1 Å². The minimum atomic E-state index is -0.216. The van der Waals surface area contributed by atoms with E-state index >= 15 is 0 Å². The van der Waals surface area contributed by atoms with Crippen LogP contribution in [0, 0.1) is 0 Å². The van der Waals surface area contributed by atoms with Gasteiger partial charge in [0.25, 0.3) is 0 Å². The molecule has 0 radical (unpaired) electrons. The highest BCUT2D eigenvalue weighted by atomic mass is 16.5. The number of rotatable bonds is 5. The Morgan fingerprint density at radius 3 is 2.95 bits per heavy atom. The van der Waals surface area contributed by atoms with E-state index < -0.39 is 0 Å². The fourth-order valence-corrected chi connectivity index (χ4v) is 1.78. The molecule has 0 aliphatic rings. The van der Waals surface area contributed by atoms with Gasteiger partial charge < -0.3 is 10.5 Å². The lowest BCUT2D eigenvalue weighted by Gasteiger charge is -2.04. The first-order valence-electron chi connectivity index (χ1n) is 6.11. The monoisotopic (exact) mass is 259 g/mol. The van der Waals surface area contributed by atoms with Gasteiger partial charge in [-0.05, 0) is 24.1 Å². The quantitative estimate of drug-likeness (QED) is 0.655. The largest absolute Gasteiger partial charge is 0.461 e. The summed E-state index contributed by atoms with van der Waals surface area (Å²) in [4.78, 5) is 11.6. The van der Waals surface area contributed by atoms with Crippen LogP contribution in [0.1, 0.15) is 17.5 Å². The second-order valence-electron chi connectivity index (χ2n) is 4.43. The Morgan fingerprint density at radius 2 is 2.26 bits per heavy atom. The van der Waals surface area contributed by atoms with Crippen molar-refractivity contribution >= 4 is 11.7 Å². The third kappa shape index (κ3) is 4.13. The molecule has 0 aliphatic carbocycles. The molecule has 0 amide bonds. The zero-order chi connectivity index (χ0) is 13.7. The molecule has 5 heteroatoms. The minimum Gasteiger partial charge on any atom is -0.461 e. The summed E-state index contributed by atoms with van der Waals surface area (Å²) >= 11 is 0. The number of aromatic nitrogens is 2. The molecule has 1 aromatic heterocycles. The van der Waals surface area contributed by atoms with Crippen LogP contribution in [0.4, 0.5) is 5.69 Å². The average molecular weight is 259 g/mol. The van der Waals surface area contributed by atoms with Crippen molar-refractivity contribution in [1.82, 2.24) is 9.78 Å². The fourth-order valence-electron chi connectivity index (χ4n) is 1.78. The molecule has 0 saturated heterocycles. The molecule has 0 fully saturated rings. The predicted octanol–water partition coefficient (Wildman–Crippen LogP) is 1.68. The lowest BCUT2D eigenvalue weighted by atomic mass is 10.1.